The smallest absolute Gasteiger partial charge is 0.266 e. The molecule has 0 bridgehead atoms. The summed E-state index contributed by atoms with van der Waals surface area (Å²) in [6, 6.07) is 9.13. The lowest BCUT2D eigenvalue weighted by atomic mass is 10.2. The zero-order valence-electron chi connectivity index (χ0n) is 10.7. The number of hydrogen-bond donors (Lipinski definition) is 1. The quantitative estimate of drug-likeness (QED) is 0.672. The van der Waals surface area contributed by atoms with Crippen LogP contribution in [0.1, 0.15) is 11.3 Å². The van der Waals surface area contributed by atoms with Crippen LogP contribution in [0.3, 0.4) is 0 Å². The van der Waals surface area contributed by atoms with E-state index in [1.807, 2.05) is 24.3 Å². The molecule has 0 spiro atoms. The molecule has 7 heteroatoms. The second-order valence-electron chi connectivity index (χ2n) is 3.93. The maximum absolute atomic E-state index is 11.5. The Bertz CT molecular complexity index is 608. The first-order valence-electron chi connectivity index (χ1n) is 5.77. The lowest BCUT2D eigenvalue weighted by Crippen LogP contribution is -2.17. The highest BCUT2D eigenvalue weighted by Gasteiger charge is 2.05. The summed E-state index contributed by atoms with van der Waals surface area (Å²) in [7, 11) is 0. The first kappa shape index (κ1) is 14.3. The lowest BCUT2D eigenvalue weighted by molar-refractivity contribution is -0.120. The van der Waals surface area contributed by atoms with Gasteiger partial charge in [-0.15, -0.1) is 0 Å². The van der Waals surface area contributed by atoms with Crippen molar-refractivity contribution in [3.8, 4) is 0 Å². The molecule has 2 rings (SSSR count). The molecule has 0 unspecified atom stereocenters. The van der Waals surface area contributed by atoms with E-state index in [1.165, 1.54) is 6.21 Å². The molecular formula is C13H12BrN3O3. The number of nitrogens with zero attached hydrogens (tertiary/aromatic N) is 2. The molecule has 0 aliphatic heterocycles. The van der Waals surface area contributed by atoms with Gasteiger partial charge in [0.15, 0.2) is 12.4 Å². The van der Waals surface area contributed by atoms with Gasteiger partial charge in [0.25, 0.3) is 5.91 Å². The molecule has 20 heavy (non-hydrogen) atoms. The number of nitrogens with one attached hydrogen (secondary N) is 1. The van der Waals surface area contributed by atoms with E-state index < -0.39 is 0 Å². The molecule has 1 aromatic heterocycles. The minimum absolute atomic E-state index is 0.196. The molecule has 0 aliphatic carbocycles. The molecule has 0 atom stereocenters. The summed E-state index contributed by atoms with van der Waals surface area (Å²) in [6.45, 7) is 1.54. The molecule has 1 amide bonds. The third-order valence-corrected chi connectivity index (χ3v) is 2.77. The van der Waals surface area contributed by atoms with Gasteiger partial charge in [-0.25, -0.2) is 0 Å². The van der Waals surface area contributed by atoms with Gasteiger partial charge < -0.3 is 14.7 Å². The molecule has 0 saturated heterocycles. The van der Waals surface area contributed by atoms with Gasteiger partial charge in [0.1, 0.15) is 5.76 Å². The lowest BCUT2D eigenvalue weighted by Gasteiger charge is -1.99. The number of amides is 1. The van der Waals surface area contributed by atoms with Crippen LogP contribution in [0, 0.1) is 6.92 Å². The Morgan fingerprint density at radius 1 is 1.50 bits per heavy atom. The summed E-state index contributed by atoms with van der Waals surface area (Å²) in [5.41, 5.74) is 0.876. The third-order valence-electron chi connectivity index (χ3n) is 2.24. The highest BCUT2D eigenvalue weighted by molar-refractivity contribution is 9.10. The van der Waals surface area contributed by atoms with E-state index in [1.54, 1.807) is 13.0 Å². The fraction of sp³-hybridized carbons (Fsp3) is 0.154. The van der Waals surface area contributed by atoms with Gasteiger partial charge in [-0.05, 0) is 24.6 Å². The molecule has 1 aromatic carbocycles. The first-order chi connectivity index (χ1) is 9.63. The molecule has 1 N–H and O–H groups in total. The zero-order valence-corrected chi connectivity index (χ0v) is 12.3. The van der Waals surface area contributed by atoms with E-state index in [4.69, 9.17) is 9.36 Å². The maximum Gasteiger partial charge on any atom is 0.266 e. The number of carbonyl (C=O) groups is 1. The van der Waals surface area contributed by atoms with E-state index in [2.05, 4.69) is 31.6 Å². The van der Waals surface area contributed by atoms with Gasteiger partial charge in [-0.3, -0.25) is 4.79 Å². The molecular weight excluding hydrogens is 326 g/mol. The fourth-order valence-corrected chi connectivity index (χ4v) is 1.61. The van der Waals surface area contributed by atoms with E-state index in [-0.39, 0.29) is 12.5 Å². The molecule has 2 aromatic rings. The van der Waals surface area contributed by atoms with Crippen LogP contribution < -0.4 is 5.32 Å². The Morgan fingerprint density at radius 2 is 2.25 bits per heavy atom. The van der Waals surface area contributed by atoms with Gasteiger partial charge in [0.05, 0.1) is 6.21 Å². The normalized spacial score (nSPS) is 10.7. The fourth-order valence-electron chi connectivity index (χ4n) is 1.35. The minimum atomic E-state index is -0.355. The Hall–Kier alpha value is -2.15. The summed E-state index contributed by atoms with van der Waals surface area (Å²) >= 11 is 3.34. The Kier molecular flexibility index (Phi) is 4.89. The number of carbonyl (C=O) groups excluding carboxylic acids is 1. The second kappa shape index (κ2) is 6.85. The van der Waals surface area contributed by atoms with Crippen molar-refractivity contribution in [2.24, 2.45) is 5.16 Å². The van der Waals surface area contributed by atoms with Crippen LogP contribution in [0.5, 0.6) is 0 Å². The number of aromatic nitrogens is 1. The molecule has 1 heterocycles. The van der Waals surface area contributed by atoms with Gasteiger partial charge in [-0.1, -0.05) is 38.4 Å². The monoisotopic (exact) mass is 337 g/mol. The third kappa shape index (κ3) is 4.51. The number of hydrogen-bond acceptors (Lipinski definition) is 5. The van der Waals surface area contributed by atoms with Gasteiger partial charge in [-0.2, -0.15) is 0 Å². The number of aryl methyl sites for hydroxylation is 1. The summed E-state index contributed by atoms with van der Waals surface area (Å²) in [4.78, 5) is 16.4. The van der Waals surface area contributed by atoms with Crippen LogP contribution in [0.25, 0.3) is 0 Å². The van der Waals surface area contributed by atoms with Crippen LogP contribution in [0.15, 0.2) is 44.5 Å². The van der Waals surface area contributed by atoms with E-state index in [0.29, 0.717) is 11.6 Å². The van der Waals surface area contributed by atoms with E-state index >= 15 is 0 Å². The average Bonchev–Trinajstić information content (AvgIpc) is 2.82. The van der Waals surface area contributed by atoms with Crippen molar-refractivity contribution in [3.63, 3.8) is 0 Å². The molecule has 104 valence electrons. The first-order valence-corrected chi connectivity index (χ1v) is 6.57. The molecule has 0 saturated carbocycles. The average molecular weight is 338 g/mol. The number of rotatable bonds is 5. The number of anilines is 1. The predicted octanol–water partition coefficient (Wildman–Crippen LogP) is 2.73. The highest BCUT2D eigenvalue weighted by Crippen LogP contribution is 2.09. The zero-order chi connectivity index (χ0) is 14.4. The summed E-state index contributed by atoms with van der Waals surface area (Å²) < 4.78 is 5.80. The number of benzene rings is 1. The largest absolute Gasteiger partial charge is 0.386 e. The van der Waals surface area contributed by atoms with Crippen LogP contribution in [-0.4, -0.2) is 23.9 Å². The molecule has 0 radical (unpaired) electrons. The van der Waals surface area contributed by atoms with Crippen molar-refractivity contribution in [2.75, 3.05) is 11.9 Å². The molecule has 0 fully saturated rings. The van der Waals surface area contributed by atoms with Gasteiger partial charge >= 0.3 is 0 Å². The predicted molar refractivity (Wildman–Crippen MR) is 77.6 cm³/mol. The second-order valence-corrected chi connectivity index (χ2v) is 4.85. The van der Waals surface area contributed by atoms with E-state index in [9.17, 15) is 4.79 Å². The van der Waals surface area contributed by atoms with Crippen molar-refractivity contribution >= 4 is 33.9 Å². The summed E-state index contributed by atoms with van der Waals surface area (Å²) in [5.74, 6) is 0.619. The number of oxime groups is 1. The summed E-state index contributed by atoms with van der Waals surface area (Å²) in [6.07, 6.45) is 1.53. The maximum atomic E-state index is 11.5. The molecule has 0 aliphatic rings. The van der Waals surface area contributed by atoms with Crippen LogP contribution >= 0.6 is 15.9 Å². The number of halogens is 1. The SMILES string of the molecule is Cc1cc(NC(=O)CO/N=C\c2ccc(Br)cc2)no1. The van der Waals surface area contributed by atoms with Crippen LogP contribution in [-0.2, 0) is 9.63 Å². The van der Waals surface area contributed by atoms with E-state index in [0.717, 1.165) is 10.0 Å². The molecule has 6 nitrogen and oxygen atoms in total. The standard InChI is InChI=1S/C13H12BrN3O3/c1-9-6-12(17-20-9)16-13(18)8-19-15-7-10-2-4-11(14)5-3-10/h2-7H,8H2,1H3,(H,16,17,18)/b15-7-. The van der Waals surface area contributed by atoms with Crippen molar-refractivity contribution in [1.82, 2.24) is 5.16 Å². The van der Waals surface area contributed by atoms with Gasteiger partial charge in [0, 0.05) is 10.5 Å². The van der Waals surface area contributed by atoms with Crippen molar-refractivity contribution in [1.29, 1.82) is 0 Å². The Morgan fingerprint density at radius 3 is 2.90 bits per heavy atom. The topological polar surface area (TPSA) is 76.7 Å². The van der Waals surface area contributed by atoms with Crippen molar-refractivity contribution < 1.29 is 14.2 Å². The van der Waals surface area contributed by atoms with Gasteiger partial charge in [0.2, 0.25) is 0 Å². The van der Waals surface area contributed by atoms with Crippen LogP contribution in [0.2, 0.25) is 0 Å². The Labute approximate surface area is 123 Å². The minimum Gasteiger partial charge on any atom is -0.386 e. The van der Waals surface area contributed by atoms with Crippen molar-refractivity contribution in [3.05, 3.63) is 46.1 Å². The van der Waals surface area contributed by atoms with Crippen LogP contribution in [0.4, 0.5) is 5.82 Å². The Balaban J connectivity index is 1.75. The van der Waals surface area contributed by atoms with Crippen molar-refractivity contribution in [2.45, 2.75) is 6.92 Å². The highest BCUT2D eigenvalue weighted by atomic mass is 79.9. The summed E-state index contributed by atoms with van der Waals surface area (Å²) in [5, 5.41) is 9.87.